The number of nitrogens with two attached hydrogens (primary N) is 1. The average molecular weight is 172 g/mol. The molecular formula is C9H22N3+. The van der Waals surface area contributed by atoms with E-state index >= 15 is 0 Å². The first-order valence-corrected chi connectivity index (χ1v) is 4.28. The van der Waals surface area contributed by atoms with Crippen LogP contribution in [0.25, 0.3) is 0 Å². The van der Waals surface area contributed by atoms with Crippen molar-refractivity contribution in [3.05, 3.63) is 0 Å². The van der Waals surface area contributed by atoms with Crippen molar-refractivity contribution < 1.29 is 4.79 Å². The molecule has 0 saturated carbocycles. The van der Waals surface area contributed by atoms with E-state index in [9.17, 15) is 0 Å². The molecule has 3 N–H and O–H groups in total. The van der Waals surface area contributed by atoms with Gasteiger partial charge in [0.1, 0.15) is 0 Å². The highest BCUT2D eigenvalue weighted by atomic mass is 15.6. The minimum absolute atomic E-state index is 0.0104. The van der Waals surface area contributed by atoms with E-state index in [1.807, 2.05) is 6.21 Å². The molecule has 0 saturated heterocycles. The molecule has 0 aromatic carbocycles. The average Bonchev–Trinajstić information content (AvgIpc) is 1.49. The van der Waals surface area contributed by atoms with E-state index in [1.54, 1.807) is 4.79 Å². The molecule has 0 radical (unpaired) electrons. The lowest BCUT2D eigenvalue weighted by Gasteiger charge is -2.17. The van der Waals surface area contributed by atoms with Crippen LogP contribution in [-0.4, -0.2) is 16.5 Å². The molecule has 0 aromatic heterocycles. The van der Waals surface area contributed by atoms with Gasteiger partial charge in [0.25, 0.3) is 0 Å². The number of hydrazine groups is 2. The Morgan fingerprint density at radius 2 is 1.50 bits per heavy atom. The molecule has 0 aliphatic rings. The molecule has 0 aliphatic heterocycles. The lowest BCUT2D eigenvalue weighted by Crippen LogP contribution is -2.48. The normalized spacial score (nSPS) is 14.7. The third-order valence-corrected chi connectivity index (χ3v) is 0.991. The Morgan fingerprint density at radius 1 is 1.08 bits per heavy atom. The number of hydrazone groups is 2. The van der Waals surface area contributed by atoms with Crippen molar-refractivity contribution in [2.24, 2.45) is 11.3 Å². The van der Waals surface area contributed by atoms with Gasteiger partial charge in [0.15, 0.2) is 0 Å². The van der Waals surface area contributed by atoms with Crippen LogP contribution in [0.1, 0.15) is 41.5 Å². The Morgan fingerprint density at radius 3 is 1.75 bits per heavy atom. The molecule has 72 valence electrons. The Labute approximate surface area is 75.6 Å². The predicted octanol–water partition coefficient (Wildman–Crippen LogP) is 1.29. The summed E-state index contributed by atoms with van der Waals surface area (Å²) in [4.78, 5) is 1.54. The minimum atomic E-state index is 0.0104. The predicted molar refractivity (Wildman–Crippen MR) is 52.9 cm³/mol. The van der Waals surface area contributed by atoms with Gasteiger partial charge in [-0.3, -0.25) is 0 Å². The lowest BCUT2D eigenvalue weighted by molar-refractivity contribution is -0.608. The summed E-state index contributed by atoms with van der Waals surface area (Å²) in [6.07, 6.45) is 1.96. The maximum Gasteiger partial charge on any atom is 0.209 e. The van der Waals surface area contributed by atoms with Crippen molar-refractivity contribution in [3.63, 3.8) is 0 Å². The maximum atomic E-state index is 5.71. The molecule has 0 bridgehead atoms. The summed E-state index contributed by atoms with van der Waals surface area (Å²) in [6, 6.07) is 0. The van der Waals surface area contributed by atoms with Gasteiger partial charge in [0, 0.05) is 5.41 Å². The van der Waals surface area contributed by atoms with Crippen molar-refractivity contribution in [1.29, 1.82) is 0 Å². The third-order valence-electron chi connectivity index (χ3n) is 0.991. The lowest BCUT2D eigenvalue weighted by atomic mass is 9.99. The summed E-state index contributed by atoms with van der Waals surface area (Å²) in [6.45, 7) is 12.5. The molecule has 0 spiro atoms. The van der Waals surface area contributed by atoms with Crippen molar-refractivity contribution in [3.8, 4) is 0 Å². The van der Waals surface area contributed by atoms with Gasteiger partial charge in [-0.15, -0.1) is 0 Å². The summed E-state index contributed by atoms with van der Waals surface area (Å²) in [7, 11) is 0. The zero-order valence-electron chi connectivity index (χ0n) is 9.10. The van der Waals surface area contributed by atoms with E-state index in [0.717, 1.165) is 0 Å². The Kier molecular flexibility index (Phi) is 3.13. The van der Waals surface area contributed by atoms with E-state index < -0.39 is 0 Å². The molecule has 0 aliphatic carbocycles. The van der Waals surface area contributed by atoms with E-state index in [-0.39, 0.29) is 11.0 Å². The Bertz CT molecular complexity index is 169. The fraction of sp³-hybridized carbons (Fsp3) is 0.889. The van der Waals surface area contributed by atoms with Gasteiger partial charge in [0.2, 0.25) is 6.21 Å². The van der Waals surface area contributed by atoms with E-state index in [4.69, 9.17) is 5.84 Å². The van der Waals surface area contributed by atoms with Crippen LogP contribution in [0.15, 0.2) is 0 Å². The standard InChI is InChI=1S/C9H22N3/c1-8(2,3)7-12(10)11-9(4,5)6/h7,11H,10H2,1-6H3/q+1/b12-7-. The van der Waals surface area contributed by atoms with Gasteiger partial charge < -0.3 is 0 Å². The van der Waals surface area contributed by atoms with Crippen LogP contribution in [0.5, 0.6) is 0 Å². The largest absolute Gasteiger partial charge is 0.209 e. The van der Waals surface area contributed by atoms with Gasteiger partial charge in [-0.2, -0.15) is 11.3 Å². The van der Waals surface area contributed by atoms with Crippen LogP contribution >= 0.6 is 0 Å². The fourth-order valence-electron chi connectivity index (χ4n) is 0.837. The van der Waals surface area contributed by atoms with Crippen LogP contribution < -0.4 is 11.3 Å². The number of hydrogen-bond donors (Lipinski definition) is 2. The topological polar surface area (TPSA) is 41.1 Å². The molecule has 0 unspecified atom stereocenters. The molecule has 0 rings (SSSR count). The van der Waals surface area contributed by atoms with Crippen LogP contribution in [0, 0.1) is 5.41 Å². The third kappa shape index (κ3) is 7.38. The second kappa shape index (κ2) is 3.33. The molecule has 3 heteroatoms. The number of nitrogens with zero attached hydrogens (tertiary/aromatic N) is 1. The maximum absolute atomic E-state index is 5.71. The fourth-order valence-corrected chi connectivity index (χ4v) is 0.837. The van der Waals surface area contributed by atoms with Crippen LogP contribution in [-0.2, 0) is 0 Å². The van der Waals surface area contributed by atoms with Crippen LogP contribution in [0.2, 0.25) is 0 Å². The summed E-state index contributed by atoms with van der Waals surface area (Å²) < 4.78 is 0. The van der Waals surface area contributed by atoms with Crippen molar-refractivity contribution in [2.75, 3.05) is 0 Å². The number of rotatable bonds is 1. The zero-order chi connectivity index (χ0) is 9.99. The first-order valence-electron chi connectivity index (χ1n) is 4.28. The summed E-state index contributed by atoms with van der Waals surface area (Å²) in [5, 5.41) is 0. The quantitative estimate of drug-likeness (QED) is 0.271. The summed E-state index contributed by atoms with van der Waals surface area (Å²) in [5.74, 6) is 5.71. The summed E-state index contributed by atoms with van der Waals surface area (Å²) in [5.41, 5.74) is 3.25. The highest BCUT2D eigenvalue weighted by Gasteiger charge is 2.18. The minimum Gasteiger partial charge on any atom is -0.183 e. The van der Waals surface area contributed by atoms with Crippen molar-refractivity contribution in [2.45, 2.75) is 47.1 Å². The molecule has 0 heterocycles. The zero-order valence-corrected chi connectivity index (χ0v) is 9.10. The van der Waals surface area contributed by atoms with Gasteiger partial charge in [-0.25, -0.2) is 0 Å². The SMILES string of the molecule is CC(C)(C)/C=[N+](/N)NC(C)(C)C. The van der Waals surface area contributed by atoms with Gasteiger partial charge in [-0.05, 0) is 25.6 Å². The second-order valence-corrected chi connectivity index (χ2v) is 5.26. The number of hydrogen-bond acceptors (Lipinski definition) is 2. The first-order chi connectivity index (χ1) is 5.10. The molecule has 0 atom stereocenters. The van der Waals surface area contributed by atoms with Crippen LogP contribution in [0.4, 0.5) is 0 Å². The molecule has 0 amide bonds. The van der Waals surface area contributed by atoms with E-state index in [2.05, 4.69) is 47.0 Å². The summed E-state index contributed by atoms with van der Waals surface area (Å²) >= 11 is 0. The monoisotopic (exact) mass is 172 g/mol. The van der Waals surface area contributed by atoms with E-state index in [1.165, 1.54) is 0 Å². The van der Waals surface area contributed by atoms with Crippen molar-refractivity contribution in [1.82, 2.24) is 5.43 Å². The highest BCUT2D eigenvalue weighted by molar-refractivity contribution is 5.58. The molecule has 3 nitrogen and oxygen atoms in total. The van der Waals surface area contributed by atoms with Gasteiger partial charge in [-0.1, -0.05) is 20.8 Å². The highest BCUT2D eigenvalue weighted by Crippen LogP contribution is 2.07. The first kappa shape index (κ1) is 11.3. The molecule has 0 aromatic rings. The smallest absolute Gasteiger partial charge is 0.183 e. The number of nitrogens with one attached hydrogen (secondary N) is 1. The second-order valence-electron chi connectivity index (χ2n) is 5.26. The van der Waals surface area contributed by atoms with Crippen LogP contribution in [0.3, 0.4) is 0 Å². The van der Waals surface area contributed by atoms with Gasteiger partial charge >= 0.3 is 0 Å². The Balaban J connectivity index is 4.23. The molecular weight excluding hydrogens is 150 g/mol. The molecule has 12 heavy (non-hydrogen) atoms. The molecule has 0 fully saturated rings. The van der Waals surface area contributed by atoms with Gasteiger partial charge in [0.05, 0.1) is 5.54 Å². The van der Waals surface area contributed by atoms with E-state index in [0.29, 0.717) is 0 Å². The van der Waals surface area contributed by atoms with Crippen molar-refractivity contribution >= 4 is 6.21 Å². The Hall–Kier alpha value is -0.730.